The quantitative estimate of drug-likeness (QED) is 0.680. The minimum absolute atomic E-state index is 0.00993. The van der Waals surface area contributed by atoms with Crippen LogP contribution in [0.1, 0.15) is 46.5 Å². The molecule has 0 spiro atoms. The van der Waals surface area contributed by atoms with Crippen molar-refractivity contribution in [3.8, 4) is 0 Å². The Bertz CT molecular complexity index is 216. The maximum Gasteiger partial charge on any atom is 0.305 e. The molecule has 4 heteroatoms. The zero-order valence-electron chi connectivity index (χ0n) is 9.75. The third-order valence-corrected chi connectivity index (χ3v) is 2.46. The van der Waals surface area contributed by atoms with E-state index in [0.717, 1.165) is 12.8 Å². The third kappa shape index (κ3) is 6.10. The first-order valence-electron chi connectivity index (χ1n) is 5.53. The van der Waals surface area contributed by atoms with Crippen LogP contribution in [0.5, 0.6) is 0 Å². The normalized spacial score (nSPS) is 14.3. The Balaban J connectivity index is 4.14. The van der Waals surface area contributed by atoms with Gasteiger partial charge in [0.15, 0.2) is 0 Å². The molecule has 0 heterocycles. The molecule has 0 aromatic carbocycles. The first-order valence-corrected chi connectivity index (χ1v) is 5.53. The van der Waals surface area contributed by atoms with Crippen molar-refractivity contribution < 1.29 is 14.7 Å². The highest BCUT2D eigenvalue weighted by Crippen LogP contribution is 2.06. The summed E-state index contributed by atoms with van der Waals surface area (Å²) < 4.78 is 0. The SMILES string of the molecule is CCCC(CC(=O)O)NC(=O)C(C)CC. The molecule has 15 heavy (non-hydrogen) atoms. The summed E-state index contributed by atoms with van der Waals surface area (Å²) in [6.07, 6.45) is 2.38. The van der Waals surface area contributed by atoms with E-state index < -0.39 is 5.97 Å². The van der Waals surface area contributed by atoms with Crippen LogP contribution in [-0.2, 0) is 9.59 Å². The standard InChI is InChI=1S/C11H21NO3/c1-4-6-9(7-10(13)14)12-11(15)8(3)5-2/h8-9H,4-7H2,1-3H3,(H,12,15)(H,13,14). The van der Waals surface area contributed by atoms with Gasteiger partial charge in [-0.1, -0.05) is 27.2 Å². The molecule has 88 valence electrons. The van der Waals surface area contributed by atoms with Crippen LogP contribution >= 0.6 is 0 Å². The average molecular weight is 215 g/mol. The van der Waals surface area contributed by atoms with E-state index in [1.165, 1.54) is 0 Å². The number of rotatable bonds is 7. The minimum atomic E-state index is -0.863. The third-order valence-electron chi connectivity index (χ3n) is 2.46. The van der Waals surface area contributed by atoms with E-state index in [4.69, 9.17) is 5.11 Å². The zero-order valence-corrected chi connectivity index (χ0v) is 9.75. The summed E-state index contributed by atoms with van der Waals surface area (Å²) in [5, 5.41) is 11.4. The number of nitrogens with one attached hydrogen (secondary N) is 1. The average Bonchev–Trinajstić information content (AvgIpc) is 2.15. The molecule has 4 nitrogen and oxygen atoms in total. The molecule has 0 saturated heterocycles. The predicted molar refractivity (Wildman–Crippen MR) is 58.5 cm³/mol. The van der Waals surface area contributed by atoms with E-state index in [1.807, 2.05) is 20.8 Å². The fraction of sp³-hybridized carbons (Fsp3) is 0.818. The van der Waals surface area contributed by atoms with Gasteiger partial charge in [0.1, 0.15) is 0 Å². The summed E-state index contributed by atoms with van der Waals surface area (Å²) in [7, 11) is 0. The van der Waals surface area contributed by atoms with E-state index in [-0.39, 0.29) is 24.3 Å². The monoisotopic (exact) mass is 215 g/mol. The largest absolute Gasteiger partial charge is 0.481 e. The number of carbonyl (C=O) groups excluding carboxylic acids is 1. The molecule has 0 aromatic rings. The van der Waals surface area contributed by atoms with Crippen LogP contribution in [-0.4, -0.2) is 23.0 Å². The highest BCUT2D eigenvalue weighted by molar-refractivity contribution is 5.79. The zero-order chi connectivity index (χ0) is 11.8. The molecule has 0 aliphatic carbocycles. The van der Waals surface area contributed by atoms with Crippen molar-refractivity contribution in [3.63, 3.8) is 0 Å². The van der Waals surface area contributed by atoms with Gasteiger partial charge in [-0.2, -0.15) is 0 Å². The minimum Gasteiger partial charge on any atom is -0.481 e. The van der Waals surface area contributed by atoms with Crippen molar-refractivity contribution in [2.24, 2.45) is 5.92 Å². The Labute approximate surface area is 91.1 Å². The Kier molecular flexibility index (Phi) is 6.75. The second kappa shape index (κ2) is 7.26. The lowest BCUT2D eigenvalue weighted by molar-refractivity contribution is -0.137. The maximum atomic E-state index is 11.5. The molecule has 2 atom stereocenters. The fourth-order valence-electron chi connectivity index (χ4n) is 1.31. The molecule has 0 radical (unpaired) electrons. The van der Waals surface area contributed by atoms with Gasteiger partial charge in [-0.3, -0.25) is 9.59 Å². The topological polar surface area (TPSA) is 66.4 Å². The highest BCUT2D eigenvalue weighted by atomic mass is 16.4. The summed E-state index contributed by atoms with van der Waals surface area (Å²) in [5.41, 5.74) is 0. The van der Waals surface area contributed by atoms with Crippen LogP contribution < -0.4 is 5.32 Å². The molecule has 0 fully saturated rings. The summed E-state index contributed by atoms with van der Waals surface area (Å²) in [6, 6.07) is -0.228. The summed E-state index contributed by atoms with van der Waals surface area (Å²) >= 11 is 0. The lowest BCUT2D eigenvalue weighted by atomic mass is 10.0. The number of amides is 1. The van der Waals surface area contributed by atoms with E-state index in [9.17, 15) is 9.59 Å². The van der Waals surface area contributed by atoms with Crippen LogP contribution in [0.2, 0.25) is 0 Å². The first-order chi connectivity index (χ1) is 7.01. The highest BCUT2D eigenvalue weighted by Gasteiger charge is 2.17. The van der Waals surface area contributed by atoms with Crippen molar-refractivity contribution in [2.75, 3.05) is 0 Å². The van der Waals surface area contributed by atoms with Gasteiger partial charge in [0.25, 0.3) is 0 Å². The van der Waals surface area contributed by atoms with Gasteiger partial charge in [0.05, 0.1) is 6.42 Å². The summed E-state index contributed by atoms with van der Waals surface area (Å²) in [4.78, 5) is 22.1. The number of aliphatic carboxylic acids is 1. The van der Waals surface area contributed by atoms with Crippen molar-refractivity contribution in [1.29, 1.82) is 0 Å². The molecule has 0 rings (SSSR count). The number of hydrogen-bond donors (Lipinski definition) is 2. The van der Waals surface area contributed by atoms with Crippen LogP contribution in [0.3, 0.4) is 0 Å². The fourth-order valence-corrected chi connectivity index (χ4v) is 1.31. The molecule has 2 N–H and O–H groups in total. The van der Waals surface area contributed by atoms with Gasteiger partial charge in [-0.25, -0.2) is 0 Å². The molecule has 0 aromatic heterocycles. The van der Waals surface area contributed by atoms with E-state index in [0.29, 0.717) is 6.42 Å². The van der Waals surface area contributed by atoms with Crippen LogP contribution in [0.4, 0.5) is 0 Å². The van der Waals surface area contributed by atoms with E-state index in [2.05, 4.69) is 5.32 Å². The second-order valence-corrected chi connectivity index (χ2v) is 3.90. The van der Waals surface area contributed by atoms with E-state index in [1.54, 1.807) is 0 Å². The summed E-state index contributed by atoms with van der Waals surface area (Å²) in [6.45, 7) is 5.76. The molecular formula is C11H21NO3. The van der Waals surface area contributed by atoms with Gasteiger partial charge in [0.2, 0.25) is 5.91 Å². The molecule has 0 saturated carbocycles. The Morgan fingerprint density at radius 2 is 1.93 bits per heavy atom. The van der Waals surface area contributed by atoms with Gasteiger partial charge in [-0.05, 0) is 12.8 Å². The smallest absolute Gasteiger partial charge is 0.305 e. The molecular weight excluding hydrogens is 194 g/mol. The molecule has 2 unspecified atom stereocenters. The van der Waals surface area contributed by atoms with Crippen LogP contribution in [0.15, 0.2) is 0 Å². The van der Waals surface area contributed by atoms with Gasteiger partial charge >= 0.3 is 5.97 Å². The number of carboxylic acids is 1. The van der Waals surface area contributed by atoms with Crippen LogP contribution in [0.25, 0.3) is 0 Å². The Morgan fingerprint density at radius 1 is 1.33 bits per heavy atom. The van der Waals surface area contributed by atoms with E-state index >= 15 is 0 Å². The number of carbonyl (C=O) groups is 2. The lowest BCUT2D eigenvalue weighted by Gasteiger charge is -2.18. The first kappa shape index (κ1) is 13.9. The van der Waals surface area contributed by atoms with Crippen molar-refractivity contribution >= 4 is 11.9 Å². The Hall–Kier alpha value is -1.06. The van der Waals surface area contributed by atoms with Crippen molar-refractivity contribution in [3.05, 3.63) is 0 Å². The van der Waals surface area contributed by atoms with Crippen LogP contribution in [0, 0.1) is 5.92 Å². The maximum absolute atomic E-state index is 11.5. The van der Waals surface area contributed by atoms with Crippen molar-refractivity contribution in [2.45, 2.75) is 52.5 Å². The Morgan fingerprint density at radius 3 is 2.33 bits per heavy atom. The molecule has 0 aliphatic rings. The van der Waals surface area contributed by atoms with Gasteiger partial charge in [-0.15, -0.1) is 0 Å². The molecule has 0 bridgehead atoms. The second-order valence-electron chi connectivity index (χ2n) is 3.90. The van der Waals surface area contributed by atoms with Crippen molar-refractivity contribution in [1.82, 2.24) is 5.32 Å². The lowest BCUT2D eigenvalue weighted by Crippen LogP contribution is -2.39. The summed E-state index contributed by atoms with van der Waals surface area (Å²) in [5.74, 6) is -0.951. The van der Waals surface area contributed by atoms with Gasteiger partial charge in [0, 0.05) is 12.0 Å². The molecule has 0 aliphatic heterocycles. The molecule has 1 amide bonds. The number of hydrogen-bond acceptors (Lipinski definition) is 2. The van der Waals surface area contributed by atoms with Gasteiger partial charge < -0.3 is 10.4 Å². The predicted octanol–water partition coefficient (Wildman–Crippen LogP) is 1.79. The number of carboxylic acid groups (broad SMARTS) is 1.